The molecule has 0 aromatic carbocycles. The minimum Gasteiger partial charge on any atom is -0.462 e. The normalized spacial score (nSPS) is 14.0. The molecule has 52 heavy (non-hydrogen) atoms. The fourth-order valence-electron chi connectivity index (χ4n) is 5.15. The van der Waals surface area contributed by atoms with Crippen molar-refractivity contribution in [2.24, 2.45) is 5.73 Å². The van der Waals surface area contributed by atoms with E-state index in [1.807, 2.05) is 12.2 Å². The van der Waals surface area contributed by atoms with E-state index in [9.17, 15) is 19.0 Å². The Balaban J connectivity index is 4.31. The molecule has 0 fully saturated rings. The minimum atomic E-state index is -4.39. The molecule has 2 atom stereocenters. The molecular weight excluding hydrogens is 677 g/mol. The molecule has 2 unspecified atom stereocenters. The molecule has 0 amide bonds. The van der Waals surface area contributed by atoms with E-state index in [1.165, 1.54) is 77.0 Å². The maximum absolute atomic E-state index is 12.5. The summed E-state index contributed by atoms with van der Waals surface area (Å²) in [5.41, 5.74) is 5.33. The van der Waals surface area contributed by atoms with Crippen molar-refractivity contribution in [3.63, 3.8) is 0 Å². The van der Waals surface area contributed by atoms with E-state index >= 15 is 0 Å². The molecule has 0 aliphatic heterocycles. The molecule has 0 aromatic rings. The van der Waals surface area contributed by atoms with Gasteiger partial charge in [0.1, 0.15) is 6.61 Å². The Morgan fingerprint density at radius 1 is 0.577 bits per heavy atom. The van der Waals surface area contributed by atoms with E-state index in [-0.39, 0.29) is 32.6 Å². The molecule has 0 heterocycles. The van der Waals surface area contributed by atoms with Gasteiger partial charge >= 0.3 is 19.8 Å². The fourth-order valence-corrected chi connectivity index (χ4v) is 5.91. The molecule has 9 nitrogen and oxygen atoms in total. The van der Waals surface area contributed by atoms with Crippen LogP contribution >= 0.6 is 7.82 Å². The van der Waals surface area contributed by atoms with Crippen LogP contribution in [-0.4, -0.2) is 49.3 Å². The van der Waals surface area contributed by atoms with Crippen molar-refractivity contribution in [3.8, 4) is 0 Å². The van der Waals surface area contributed by atoms with E-state index in [4.69, 9.17) is 24.3 Å². The molecule has 10 heteroatoms. The van der Waals surface area contributed by atoms with E-state index in [2.05, 4.69) is 62.5 Å². The summed E-state index contributed by atoms with van der Waals surface area (Å²) in [5, 5.41) is 0. The molecule has 0 aliphatic carbocycles. The van der Waals surface area contributed by atoms with Gasteiger partial charge < -0.3 is 20.1 Å². The second-order valence-corrected chi connectivity index (χ2v) is 14.6. The fraction of sp³-hybridized carbons (Fsp3) is 0.714. The zero-order valence-corrected chi connectivity index (χ0v) is 33.7. The van der Waals surface area contributed by atoms with Crippen molar-refractivity contribution in [2.75, 3.05) is 26.4 Å². The number of hydrogen-bond donors (Lipinski definition) is 2. The number of rotatable bonds is 37. The third-order valence-electron chi connectivity index (χ3n) is 8.17. The first kappa shape index (κ1) is 49.7. The first-order chi connectivity index (χ1) is 25.3. The predicted octanol–water partition coefficient (Wildman–Crippen LogP) is 11.3. The van der Waals surface area contributed by atoms with Crippen molar-refractivity contribution in [1.82, 2.24) is 0 Å². The maximum Gasteiger partial charge on any atom is 0.472 e. The van der Waals surface area contributed by atoms with Crippen molar-refractivity contribution in [2.45, 2.75) is 168 Å². The SMILES string of the molecule is CCCCCC=CCC=CCC=CCC=CCC=CCCC(=O)OCC(COP(=O)(O)OCCN)OC(=O)CCCCCCCCCCCCCC. The third-order valence-corrected chi connectivity index (χ3v) is 9.15. The number of nitrogens with two attached hydrogens (primary N) is 1. The monoisotopic (exact) mass is 752 g/mol. The Kier molecular flexibility index (Phi) is 36.7. The Bertz CT molecular complexity index is 1040. The molecular formula is C42H74NO8P. The molecule has 0 aliphatic rings. The molecule has 0 saturated heterocycles. The zero-order valence-electron chi connectivity index (χ0n) is 32.8. The van der Waals surface area contributed by atoms with Crippen LogP contribution < -0.4 is 5.73 Å². The number of ether oxygens (including phenoxy) is 2. The van der Waals surface area contributed by atoms with Gasteiger partial charge in [0.15, 0.2) is 6.10 Å². The second kappa shape index (κ2) is 38.4. The molecule has 0 radical (unpaired) electrons. The highest BCUT2D eigenvalue weighted by Crippen LogP contribution is 2.43. The first-order valence-electron chi connectivity index (χ1n) is 20.3. The van der Waals surface area contributed by atoms with Crippen LogP contribution in [0.3, 0.4) is 0 Å². The summed E-state index contributed by atoms with van der Waals surface area (Å²) in [7, 11) is -4.39. The van der Waals surface area contributed by atoms with E-state index < -0.39 is 32.5 Å². The summed E-state index contributed by atoms with van der Waals surface area (Å²) >= 11 is 0. The van der Waals surface area contributed by atoms with E-state index in [0.29, 0.717) is 12.8 Å². The lowest BCUT2D eigenvalue weighted by atomic mass is 10.0. The molecule has 0 aromatic heterocycles. The van der Waals surface area contributed by atoms with Crippen LogP contribution in [0, 0.1) is 0 Å². The van der Waals surface area contributed by atoms with Gasteiger partial charge in [-0.15, -0.1) is 0 Å². The largest absolute Gasteiger partial charge is 0.472 e. The number of carbonyl (C=O) groups excluding carboxylic acids is 2. The van der Waals surface area contributed by atoms with Crippen molar-refractivity contribution < 1.29 is 37.6 Å². The average Bonchev–Trinajstić information content (AvgIpc) is 3.13. The third kappa shape index (κ3) is 37.5. The van der Waals surface area contributed by atoms with Gasteiger partial charge in [0.05, 0.1) is 13.2 Å². The van der Waals surface area contributed by atoms with Crippen LogP contribution in [0.25, 0.3) is 0 Å². The van der Waals surface area contributed by atoms with Crippen LogP contribution in [0.4, 0.5) is 0 Å². The number of phosphoric acid groups is 1. The van der Waals surface area contributed by atoms with Crippen molar-refractivity contribution >= 4 is 19.8 Å². The number of unbranched alkanes of at least 4 members (excludes halogenated alkanes) is 14. The lowest BCUT2D eigenvalue weighted by molar-refractivity contribution is -0.161. The summed E-state index contributed by atoms with van der Waals surface area (Å²) in [6.45, 7) is 3.60. The van der Waals surface area contributed by atoms with Gasteiger partial charge in [-0.3, -0.25) is 18.6 Å². The van der Waals surface area contributed by atoms with Crippen molar-refractivity contribution in [1.29, 1.82) is 0 Å². The van der Waals surface area contributed by atoms with Gasteiger partial charge in [-0.2, -0.15) is 0 Å². The predicted molar refractivity (Wildman–Crippen MR) is 215 cm³/mol. The van der Waals surface area contributed by atoms with Crippen LogP contribution in [0.1, 0.15) is 162 Å². The highest BCUT2D eigenvalue weighted by molar-refractivity contribution is 7.47. The highest BCUT2D eigenvalue weighted by Gasteiger charge is 2.25. The van der Waals surface area contributed by atoms with Crippen LogP contribution in [0.2, 0.25) is 0 Å². The highest BCUT2D eigenvalue weighted by atomic mass is 31.2. The zero-order chi connectivity index (χ0) is 38.2. The lowest BCUT2D eigenvalue weighted by Crippen LogP contribution is -2.29. The second-order valence-electron chi connectivity index (χ2n) is 13.2. The topological polar surface area (TPSA) is 134 Å². The summed E-state index contributed by atoms with van der Waals surface area (Å²) in [6.07, 6.45) is 44.1. The Hall–Kier alpha value is -2.29. The Morgan fingerprint density at radius 3 is 1.56 bits per heavy atom. The maximum atomic E-state index is 12.5. The quantitative estimate of drug-likeness (QED) is 0.0275. The van der Waals surface area contributed by atoms with Gasteiger partial charge in [-0.25, -0.2) is 4.57 Å². The summed E-state index contributed by atoms with van der Waals surface area (Å²) in [4.78, 5) is 34.7. The average molecular weight is 752 g/mol. The summed E-state index contributed by atoms with van der Waals surface area (Å²) < 4.78 is 32.6. The van der Waals surface area contributed by atoms with Crippen LogP contribution in [0.15, 0.2) is 60.8 Å². The van der Waals surface area contributed by atoms with Crippen LogP contribution in [-0.2, 0) is 32.7 Å². The standard InChI is InChI=1S/C42H74NO8P/c1-3-5-7-9-11-13-15-17-18-19-20-21-22-23-25-26-28-30-32-34-41(44)48-38-40(39-50-52(46,47)49-37-36-43)51-42(45)35-33-31-29-27-24-16-14-12-10-8-6-4-2/h11,13,17-18,20-21,23,25,28,30,40H,3-10,12,14-16,19,22,24,26-27,29,31-39,43H2,1-2H3,(H,46,47). The van der Waals surface area contributed by atoms with E-state index in [1.54, 1.807) is 0 Å². The lowest BCUT2D eigenvalue weighted by Gasteiger charge is -2.19. The Labute approximate surface area is 317 Å². The smallest absolute Gasteiger partial charge is 0.462 e. The van der Waals surface area contributed by atoms with E-state index in [0.717, 1.165) is 44.9 Å². The summed E-state index contributed by atoms with van der Waals surface area (Å²) in [6, 6.07) is 0. The number of carbonyl (C=O) groups is 2. The Morgan fingerprint density at radius 2 is 1.04 bits per heavy atom. The number of hydrogen-bond acceptors (Lipinski definition) is 8. The number of phosphoric ester groups is 1. The minimum absolute atomic E-state index is 0.0427. The molecule has 0 spiro atoms. The van der Waals surface area contributed by atoms with Gasteiger partial charge in [0.25, 0.3) is 0 Å². The van der Waals surface area contributed by atoms with Gasteiger partial charge in [0, 0.05) is 19.4 Å². The van der Waals surface area contributed by atoms with Gasteiger partial charge in [0.2, 0.25) is 0 Å². The summed E-state index contributed by atoms with van der Waals surface area (Å²) in [5.74, 6) is -0.928. The molecule has 3 N–H and O–H groups in total. The number of allylic oxidation sites excluding steroid dienone is 10. The van der Waals surface area contributed by atoms with Crippen LogP contribution in [0.5, 0.6) is 0 Å². The molecule has 300 valence electrons. The number of esters is 2. The van der Waals surface area contributed by atoms with Crippen molar-refractivity contribution in [3.05, 3.63) is 60.8 Å². The van der Waals surface area contributed by atoms with Gasteiger partial charge in [-0.1, -0.05) is 158 Å². The first-order valence-corrected chi connectivity index (χ1v) is 21.8. The molecule has 0 bridgehead atoms. The molecule has 0 rings (SSSR count). The van der Waals surface area contributed by atoms with Gasteiger partial charge in [-0.05, 0) is 51.4 Å². The molecule has 0 saturated carbocycles.